The molecule has 5 rings (SSSR count). The average molecular weight is 625 g/mol. The van der Waals surface area contributed by atoms with Crippen LogP contribution in [0.2, 0.25) is 5.02 Å². The van der Waals surface area contributed by atoms with Crippen molar-refractivity contribution in [2.24, 2.45) is 0 Å². The van der Waals surface area contributed by atoms with Crippen molar-refractivity contribution in [2.45, 2.75) is 39.0 Å². The van der Waals surface area contributed by atoms with Gasteiger partial charge < -0.3 is 10.6 Å². The van der Waals surface area contributed by atoms with Gasteiger partial charge in [0.1, 0.15) is 5.69 Å². The number of nitrogens with zero attached hydrogens (tertiary/aromatic N) is 5. The highest BCUT2D eigenvalue weighted by Crippen LogP contribution is 2.35. The van der Waals surface area contributed by atoms with Crippen molar-refractivity contribution < 1.29 is 27.3 Å². The molecule has 2 N–H and O–H groups in total. The lowest BCUT2D eigenvalue weighted by molar-refractivity contribution is -0.450. The van der Waals surface area contributed by atoms with E-state index in [1.165, 1.54) is 34.7 Å². The van der Waals surface area contributed by atoms with Gasteiger partial charge in [0.2, 0.25) is 5.95 Å². The third kappa shape index (κ3) is 5.95. The average Bonchev–Trinajstić information content (AvgIpc) is 3.01. The molecule has 1 aliphatic rings. The predicted octanol–water partition coefficient (Wildman–Crippen LogP) is 4.60. The van der Waals surface area contributed by atoms with Gasteiger partial charge in [-0.25, -0.2) is 14.3 Å². The van der Waals surface area contributed by atoms with Crippen molar-refractivity contribution >= 4 is 35.1 Å². The third-order valence-electron chi connectivity index (χ3n) is 7.21. The Morgan fingerprint density at radius 3 is 2.43 bits per heavy atom. The van der Waals surface area contributed by atoms with E-state index in [9.17, 15) is 27.6 Å². The highest BCUT2D eigenvalue weighted by atomic mass is 35.5. The van der Waals surface area contributed by atoms with Crippen LogP contribution in [0.5, 0.6) is 0 Å². The van der Waals surface area contributed by atoms with Gasteiger partial charge in [-0.1, -0.05) is 11.6 Å². The van der Waals surface area contributed by atoms with E-state index >= 15 is 0 Å². The van der Waals surface area contributed by atoms with Crippen molar-refractivity contribution in [3.63, 3.8) is 0 Å². The first-order valence-electron chi connectivity index (χ1n) is 13.4. The maximum Gasteiger partial charge on any atom is 0.419 e. The first-order valence-corrected chi connectivity index (χ1v) is 13.8. The van der Waals surface area contributed by atoms with Crippen LogP contribution in [0.15, 0.2) is 65.8 Å². The number of fused-ring (bicyclic) bond motifs is 1. The molecule has 0 saturated heterocycles. The minimum Gasteiger partial charge on any atom is -0.355 e. The molecule has 44 heavy (non-hydrogen) atoms. The summed E-state index contributed by atoms with van der Waals surface area (Å²) >= 11 is 5.75. The summed E-state index contributed by atoms with van der Waals surface area (Å²) in [4.78, 5) is 52.7. The number of hydrogen-bond donors (Lipinski definition) is 2. The number of alkyl halides is 3. The number of aromatic nitrogens is 4. The Kier molecular flexibility index (Phi) is 8.33. The van der Waals surface area contributed by atoms with Gasteiger partial charge in [-0.2, -0.15) is 17.7 Å². The number of benzene rings is 2. The molecule has 3 heterocycles. The molecule has 1 atom stereocenters. The molecule has 10 nitrogen and oxygen atoms in total. The normalized spacial score (nSPS) is 13.7. The predicted molar refractivity (Wildman–Crippen MR) is 156 cm³/mol. The van der Waals surface area contributed by atoms with Crippen molar-refractivity contribution in [2.75, 3.05) is 12.4 Å². The van der Waals surface area contributed by atoms with Crippen LogP contribution in [0.4, 0.5) is 19.1 Å². The van der Waals surface area contributed by atoms with Crippen LogP contribution in [-0.2, 0) is 19.1 Å². The van der Waals surface area contributed by atoms with Gasteiger partial charge >= 0.3 is 12.1 Å². The second kappa shape index (κ2) is 12.0. The molecular weight excluding hydrogens is 599 g/mol. The molecular formula is C30H26ClF3N7O3+. The molecule has 4 aromatic rings. The third-order valence-corrected chi connectivity index (χ3v) is 7.54. The lowest BCUT2D eigenvalue weighted by atomic mass is 10.0. The zero-order valence-electron chi connectivity index (χ0n) is 23.7. The first kappa shape index (κ1) is 30.5. The minimum absolute atomic E-state index is 0.0307. The first-order chi connectivity index (χ1) is 20.9. The van der Waals surface area contributed by atoms with E-state index in [0.717, 1.165) is 12.1 Å². The van der Waals surface area contributed by atoms with Gasteiger partial charge in [0.25, 0.3) is 11.5 Å². The second-order valence-electron chi connectivity index (χ2n) is 10.1. The summed E-state index contributed by atoms with van der Waals surface area (Å²) in [7, 11) is 1.51. The summed E-state index contributed by atoms with van der Waals surface area (Å²) in [6, 6.07) is 8.92. The molecule has 14 heteroatoms. The summed E-state index contributed by atoms with van der Waals surface area (Å²) in [6.45, 7) is 3.29. The smallest absolute Gasteiger partial charge is 0.355 e. The van der Waals surface area contributed by atoms with Crippen LogP contribution < -0.4 is 16.2 Å². The topological polar surface area (TPSA) is 122 Å². The molecule has 0 bridgehead atoms. The van der Waals surface area contributed by atoms with E-state index in [4.69, 9.17) is 16.6 Å². The number of carbonyl (C=O) groups is 2. The van der Waals surface area contributed by atoms with Crippen LogP contribution >= 0.6 is 11.6 Å². The lowest BCUT2D eigenvalue weighted by Gasteiger charge is -2.22. The van der Waals surface area contributed by atoms with Crippen molar-refractivity contribution in [1.29, 1.82) is 0 Å². The van der Waals surface area contributed by atoms with E-state index in [1.54, 1.807) is 44.3 Å². The van der Waals surface area contributed by atoms with Gasteiger partial charge in [-0.15, -0.1) is 0 Å². The van der Waals surface area contributed by atoms with E-state index < -0.39 is 34.3 Å². The number of nitrogens with one attached hydrogen (secondary N) is 2. The quantitative estimate of drug-likeness (QED) is 0.301. The number of hydrogen-bond acceptors (Lipinski definition) is 7. The molecule has 1 aliphatic heterocycles. The number of carbonyl (C=O) groups excluding carboxylic acids is 2. The zero-order chi connectivity index (χ0) is 31.8. The Morgan fingerprint density at radius 1 is 1.09 bits per heavy atom. The molecule has 2 aromatic heterocycles. The van der Waals surface area contributed by atoms with Crippen molar-refractivity contribution in [1.82, 2.24) is 24.8 Å². The standard InChI is InChI=1S/C30H25ClF3N7O3/c1-16-12-21-25(15-40(16)27(43)19-6-9-23(31)22(13-19)30(32,33)34)39-29(38-17(2)24-14-36-10-11-37-24)41(28(21)44)20-7-4-18(5-8-20)26(42)35-3/h4-11,13-14,17H,12,15H2,1-3H3,(H-,35,38,39,42,44)/p+1. The van der Waals surface area contributed by atoms with Gasteiger partial charge in [0.05, 0.1) is 51.8 Å². The van der Waals surface area contributed by atoms with Gasteiger partial charge in [0.15, 0.2) is 12.3 Å². The Labute approximate surface area is 254 Å². The molecule has 0 spiro atoms. The van der Waals surface area contributed by atoms with E-state index in [2.05, 4.69) is 20.6 Å². The van der Waals surface area contributed by atoms with E-state index in [-0.39, 0.29) is 36.1 Å². The molecule has 0 fully saturated rings. The summed E-state index contributed by atoms with van der Waals surface area (Å²) in [5.74, 6) is -0.842. The molecule has 1 unspecified atom stereocenters. The fourth-order valence-corrected chi connectivity index (χ4v) is 5.09. The van der Waals surface area contributed by atoms with Crippen LogP contribution in [0.3, 0.4) is 0 Å². The zero-order valence-corrected chi connectivity index (χ0v) is 24.5. The van der Waals surface area contributed by atoms with Crippen LogP contribution in [-0.4, -0.2) is 48.7 Å². The second-order valence-corrected chi connectivity index (χ2v) is 10.5. The highest BCUT2D eigenvalue weighted by molar-refractivity contribution is 6.31. The molecule has 0 radical (unpaired) electrons. The maximum absolute atomic E-state index is 14.0. The highest BCUT2D eigenvalue weighted by Gasteiger charge is 2.37. The van der Waals surface area contributed by atoms with Crippen LogP contribution in [0.1, 0.15) is 63.1 Å². The van der Waals surface area contributed by atoms with Gasteiger partial charge in [-0.3, -0.25) is 19.6 Å². The molecule has 226 valence electrons. The molecule has 2 amide bonds. The van der Waals surface area contributed by atoms with Gasteiger partial charge in [-0.05, 0) is 49.4 Å². The van der Waals surface area contributed by atoms with E-state index in [0.29, 0.717) is 28.2 Å². The summed E-state index contributed by atoms with van der Waals surface area (Å²) < 4.78 is 43.1. The van der Waals surface area contributed by atoms with Gasteiger partial charge in [0, 0.05) is 31.9 Å². The summed E-state index contributed by atoms with van der Waals surface area (Å²) in [6.07, 6.45) is -0.0899. The summed E-state index contributed by atoms with van der Waals surface area (Å²) in [5.41, 5.74) is 0.740. The maximum atomic E-state index is 14.0. The fourth-order valence-electron chi connectivity index (χ4n) is 4.87. The minimum atomic E-state index is -4.74. The molecule has 0 saturated carbocycles. The largest absolute Gasteiger partial charge is 0.419 e. The number of halogens is 4. The molecule has 2 aromatic carbocycles. The fraction of sp³-hybridized carbons (Fsp3) is 0.233. The Morgan fingerprint density at radius 2 is 1.80 bits per heavy atom. The Hall–Kier alpha value is -4.91. The van der Waals surface area contributed by atoms with E-state index in [1.807, 2.05) is 0 Å². The van der Waals surface area contributed by atoms with Crippen LogP contribution in [0.25, 0.3) is 5.69 Å². The van der Waals surface area contributed by atoms with Crippen LogP contribution in [0, 0.1) is 0 Å². The van der Waals surface area contributed by atoms with Crippen molar-refractivity contribution in [3.8, 4) is 5.69 Å². The molecule has 0 aliphatic carbocycles. The number of rotatable bonds is 6. The lowest BCUT2D eigenvalue weighted by Crippen LogP contribution is -2.38. The monoisotopic (exact) mass is 624 g/mol. The van der Waals surface area contributed by atoms with Crippen molar-refractivity contribution in [3.05, 3.63) is 110 Å². The number of amides is 2. The SMILES string of the molecule is CNC(=O)c1ccc(-n2c(NC(C)c3cnccn3)nc3c(c2=O)CC(C)=[N+](C(=O)c2ccc(Cl)c(C(F)(F)F)c2)C3)cc1. The summed E-state index contributed by atoms with van der Waals surface area (Å²) in [5, 5.41) is 5.23. The Bertz CT molecular complexity index is 1860. The number of anilines is 1. The Balaban J connectivity index is 1.58.